The minimum Gasteiger partial charge on any atom is -0.490 e. The summed E-state index contributed by atoms with van der Waals surface area (Å²) in [6, 6.07) is 14.4. The number of hydrogen-bond acceptors (Lipinski definition) is 4. The monoisotopic (exact) mass is 505 g/mol. The Morgan fingerprint density at radius 1 is 0.676 bits per heavy atom. The van der Waals surface area contributed by atoms with Crippen LogP contribution in [-0.2, 0) is 22.4 Å². The van der Waals surface area contributed by atoms with Crippen LogP contribution in [0.25, 0.3) is 0 Å². The lowest BCUT2D eigenvalue weighted by atomic mass is 10.1. The van der Waals surface area contributed by atoms with Gasteiger partial charge in [0.05, 0.1) is 16.0 Å². The first kappa shape index (κ1) is 25.2. The van der Waals surface area contributed by atoms with E-state index in [0.717, 1.165) is 0 Å². The van der Waals surface area contributed by atoms with Gasteiger partial charge >= 0.3 is 12.4 Å². The molecule has 34 heavy (non-hydrogen) atoms. The van der Waals surface area contributed by atoms with Gasteiger partial charge < -0.3 is 9.47 Å². The molecule has 1 N–H and O–H groups in total. The van der Waals surface area contributed by atoms with Crippen LogP contribution in [0.3, 0.4) is 0 Å². The molecule has 12 heteroatoms. The molecule has 0 amide bonds. The van der Waals surface area contributed by atoms with Crippen molar-refractivity contribution in [2.75, 3.05) is 17.9 Å². The van der Waals surface area contributed by atoms with Gasteiger partial charge in [0, 0.05) is 5.69 Å². The molecule has 182 valence electrons. The van der Waals surface area contributed by atoms with Gasteiger partial charge in [0.2, 0.25) is 0 Å². The molecule has 0 aliphatic carbocycles. The van der Waals surface area contributed by atoms with Gasteiger partial charge in [-0.25, -0.2) is 8.42 Å². The number of ether oxygens (including phenoxy) is 2. The molecular weight excluding hydrogens is 488 g/mol. The Kier molecular flexibility index (Phi) is 7.29. The van der Waals surface area contributed by atoms with Crippen LogP contribution in [0.15, 0.2) is 77.7 Å². The van der Waals surface area contributed by atoms with Crippen molar-refractivity contribution >= 4 is 15.7 Å². The van der Waals surface area contributed by atoms with Gasteiger partial charge in [-0.3, -0.25) is 4.72 Å². The number of nitrogens with one attached hydrogen (secondary N) is 1. The van der Waals surface area contributed by atoms with Gasteiger partial charge in [-0.1, -0.05) is 18.2 Å². The molecule has 0 atom stereocenters. The molecule has 0 aliphatic rings. The van der Waals surface area contributed by atoms with Gasteiger partial charge in [0.1, 0.15) is 24.7 Å². The lowest BCUT2D eigenvalue weighted by molar-refractivity contribution is -0.143. The van der Waals surface area contributed by atoms with Crippen molar-refractivity contribution in [3.05, 3.63) is 83.9 Å². The van der Waals surface area contributed by atoms with Crippen LogP contribution in [0.4, 0.5) is 32.0 Å². The van der Waals surface area contributed by atoms with Gasteiger partial charge in [-0.15, -0.1) is 0 Å². The third-order valence-electron chi connectivity index (χ3n) is 4.34. The smallest absolute Gasteiger partial charge is 0.416 e. The molecular formula is C22H17F6NO4S. The molecule has 5 nitrogen and oxygen atoms in total. The van der Waals surface area contributed by atoms with Crippen molar-refractivity contribution in [1.29, 1.82) is 0 Å². The molecule has 0 radical (unpaired) electrons. The number of sulfonamides is 1. The molecule has 0 saturated heterocycles. The lowest BCUT2D eigenvalue weighted by Crippen LogP contribution is -2.17. The predicted octanol–water partition coefficient (Wildman–Crippen LogP) is 5.98. The molecule has 0 heterocycles. The minimum atomic E-state index is -5.17. The van der Waals surface area contributed by atoms with E-state index in [1.165, 1.54) is 24.3 Å². The minimum absolute atomic E-state index is 0.0844. The van der Waals surface area contributed by atoms with Crippen molar-refractivity contribution in [3.8, 4) is 11.5 Å². The van der Waals surface area contributed by atoms with E-state index >= 15 is 0 Å². The number of alkyl halides is 6. The summed E-state index contributed by atoms with van der Waals surface area (Å²) in [6.07, 6.45) is -10.3. The Morgan fingerprint density at radius 3 is 1.62 bits per heavy atom. The van der Waals surface area contributed by atoms with E-state index in [9.17, 15) is 34.8 Å². The Hall–Kier alpha value is -3.41. The second-order valence-electron chi connectivity index (χ2n) is 6.88. The van der Waals surface area contributed by atoms with Crippen LogP contribution in [0, 0.1) is 0 Å². The zero-order valence-electron chi connectivity index (χ0n) is 17.2. The fraction of sp³-hybridized carbons (Fsp3) is 0.182. The van der Waals surface area contributed by atoms with Crippen molar-refractivity contribution in [3.63, 3.8) is 0 Å². The van der Waals surface area contributed by atoms with E-state index in [1.54, 1.807) is 24.3 Å². The summed E-state index contributed by atoms with van der Waals surface area (Å²) in [5.74, 6) is 0.997. The molecule has 0 fully saturated rings. The summed E-state index contributed by atoms with van der Waals surface area (Å²) in [5, 5.41) is 0. The van der Waals surface area contributed by atoms with Crippen molar-refractivity contribution < 1.29 is 44.2 Å². The summed E-state index contributed by atoms with van der Waals surface area (Å²) in [5.41, 5.74) is -3.55. The quantitative estimate of drug-likeness (QED) is 0.302. The maximum absolute atomic E-state index is 13.0. The Bertz CT molecular complexity index is 1180. The third kappa shape index (κ3) is 6.80. The van der Waals surface area contributed by atoms with Crippen molar-refractivity contribution in [2.45, 2.75) is 17.2 Å². The molecule has 3 aromatic carbocycles. The summed E-state index contributed by atoms with van der Waals surface area (Å²) in [7, 11) is -4.75. The zero-order valence-corrected chi connectivity index (χ0v) is 18.0. The predicted molar refractivity (Wildman–Crippen MR) is 111 cm³/mol. The number of benzene rings is 3. The number of rotatable bonds is 8. The highest BCUT2D eigenvalue weighted by Crippen LogP contribution is 2.37. The number of anilines is 1. The Labute approximate surface area is 191 Å². The lowest BCUT2D eigenvalue weighted by Gasteiger charge is -2.15. The van der Waals surface area contributed by atoms with E-state index < -0.39 is 38.4 Å². The number of halogens is 6. The zero-order chi connectivity index (χ0) is 25.0. The van der Waals surface area contributed by atoms with Gasteiger partial charge in [0.15, 0.2) is 0 Å². The van der Waals surface area contributed by atoms with Crippen molar-refractivity contribution in [1.82, 2.24) is 0 Å². The van der Waals surface area contributed by atoms with E-state index in [-0.39, 0.29) is 37.1 Å². The summed E-state index contributed by atoms with van der Waals surface area (Å²) >= 11 is 0. The van der Waals surface area contributed by atoms with Crippen molar-refractivity contribution in [2.24, 2.45) is 0 Å². The normalized spacial score (nSPS) is 12.3. The van der Waals surface area contributed by atoms with Crippen LogP contribution < -0.4 is 14.2 Å². The first-order valence-corrected chi connectivity index (χ1v) is 11.1. The maximum Gasteiger partial charge on any atom is 0.416 e. The number of para-hydroxylation sites is 1. The highest BCUT2D eigenvalue weighted by molar-refractivity contribution is 7.92. The SMILES string of the molecule is O=S(=O)(Nc1ccc(OCCOc2ccccc2)cc1)c1cc(C(F)(F)F)cc(C(F)(F)F)c1. The first-order valence-electron chi connectivity index (χ1n) is 9.58. The average Bonchev–Trinajstić information content (AvgIpc) is 2.77. The molecule has 0 unspecified atom stereocenters. The average molecular weight is 505 g/mol. The first-order chi connectivity index (χ1) is 15.8. The molecule has 0 bridgehead atoms. The van der Waals surface area contributed by atoms with E-state index in [4.69, 9.17) is 9.47 Å². The standard InChI is InChI=1S/C22H17F6NO4S/c23-21(24,25)15-12-16(22(26,27)28)14-20(13-15)34(30,31)29-17-6-8-19(9-7-17)33-11-10-32-18-4-2-1-3-5-18/h1-9,12-14,29H,10-11H2. The van der Waals surface area contributed by atoms with Gasteiger partial charge in [0.25, 0.3) is 10.0 Å². The van der Waals surface area contributed by atoms with Crippen LogP contribution in [0.5, 0.6) is 11.5 Å². The van der Waals surface area contributed by atoms with Crippen LogP contribution in [-0.4, -0.2) is 21.6 Å². The second-order valence-corrected chi connectivity index (χ2v) is 8.56. The summed E-state index contributed by atoms with van der Waals surface area (Å²) in [4.78, 5) is -1.17. The molecule has 0 aromatic heterocycles. The summed E-state index contributed by atoms with van der Waals surface area (Å²) in [6.45, 7) is 0.403. The molecule has 3 rings (SSSR count). The van der Waals surface area contributed by atoms with Crippen LogP contribution >= 0.6 is 0 Å². The summed E-state index contributed by atoms with van der Waals surface area (Å²) < 4.78 is 116. The highest BCUT2D eigenvalue weighted by Gasteiger charge is 2.38. The largest absolute Gasteiger partial charge is 0.490 e. The molecule has 3 aromatic rings. The fourth-order valence-electron chi connectivity index (χ4n) is 2.75. The van der Waals surface area contributed by atoms with Crippen LogP contribution in [0.1, 0.15) is 11.1 Å². The maximum atomic E-state index is 13.0. The van der Waals surface area contributed by atoms with E-state index in [0.29, 0.717) is 11.5 Å². The molecule has 0 spiro atoms. The third-order valence-corrected chi connectivity index (χ3v) is 5.70. The fourth-order valence-corrected chi connectivity index (χ4v) is 3.88. The molecule has 0 saturated carbocycles. The van der Waals surface area contributed by atoms with E-state index in [2.05, 4.69) is 0 Å². The molecule has 0 aliphatic heterocycles. The van der Waals surface area contributed by atoms with E-state index in [1.807, 2.05) is 10.8 Å². The Balaban J connectivity index is 1.69. The Morgan fingerprint density at radius 2 is 1.15 bits per heavy atom. The van der Waals surface area contributed by atoms with Crippen LogP contribution in [0.2, 0.25) is 0 Å². The van der Waals surface area contributed by atoms with Gasteiger partial charge in [-0.05, 0) is 54.6 Å². The second kappa shape index (κ2) is 9.84. The van der Waals surface area contributed by atoms with Gasteiger partial charge in [-0.2, -0.15) is 26.3 Å². The highest BCUT2D eigenvalue weighted by atomic mass is 32.2. The number of hydrogen-bond donors (Lipinski definition) is 1. The topological polar surface area (TPSA) is 64.6 Å².